The minimum absolute atomic E-state index is 0.00836. The van der Waals surface area contributed by atoms with E-state index in [4.69, 9.17) is 19.5 Å². The third kappa shape index (κ3) is 4.09. The van der Waals surface area contributed by atoms with Crippen molar-refractivity contribution < 1.29 is 25.0 Å². The van der Waals surface area contributed by atoms with Crippen molar-refractivity contribution in [2.24, 2.45) is 0 Å². The lowest BCUT2D eigenvalue weighted by molar-refractivity contribution is 0.669. The van der Waals surface area contributed by atoms with Gasteiger partial charge in [0.1, 0.15) is 11.2 Å². The van der Waals surface area contributed by atoms with Gasteiger partial charge in [0, 0.05) is 16.3 Å². The molecule has 1 heteroatoms. The minimum atomic E-state index is -0.700. The lowest BCUT2D eigenvalue weighted by Gasteiger charge is -2.20. The van der Waals surface area contributed by atoms with Crippen LogP contribution < -0.4 is 0 Å². The van der Waals surface area contributed by atoms with Crippen molar-refractivity contribution in [3.05, 3.63) is 169 Å². The molecule has 1 aromatic heterocycles. The van der Waals surface area contributed by atoms with Gasteiger partial charge in [-0.25, -0.2) is 0 Å². The Morgan fingerprint density at radius 3 is 1.60 bits per heavy atom. The summed E-state index contributed by atoms with van der Waals surface area (Å²) in [4.78, 5) is 0. The first-order chi connectivity index (χ1) is 28.6. The predicted octanol–water partition coefficient (Wildman–Crippen LogP) is 12.6. The Hall–Kier alpha value is -5.92. The molecular weight excluding hydrogens is 544 g/mol. The summed E-state index contributed by atoms with van der Waals surface area (Å²) in [6.07, 6.45) is 0. The molecule has 0 spiro atoms. The van der Waals surface area contributed by atoms with Crippen LogP contribution >= 0.6 is 0 Å². The molecule has 8 aromatic carbocycles. The van der Waals surface area contributed by atoms with Crippen molar-refractivity contribution in [2.45, 2.75) is 0 Å². The number of hydrogen-bond donors (Lipinski definition) is 0. The Labute approximate surface area is 282 Å². The van der Waals surface area contributed by atoms with Crippen molar-refractivity contribution in [2.75, 3.05) is 0 Å². The summed E-state index contributed by atoms with van der Waals surface area (Å²) in [6.45, 7) is 0. The fraction of sp³-hybridized carbons (Fsp3) is 0. The molecule has 0 atom stereocenters. The molecule has 210 valence electrons. The van der Waals surface area contributed by atoms with E-state index < -0.39 is 72.0 Å². The van der Waals surface area contributed by atoms with Crippen LogP contribution in [0.3, 0.4) is 0 Å². The highest BCUT2D eigenvalue weighted by atomic mass is 16.3. The van der Waals surface area contributed by atoms with Gasteiger partial charge in [-0.05, 0) is 78.6 Å². The number of para-hydroxylation sites is 1. The van der Waals surface area contributed by atoms with Crippen molar-refractivity contribution in [1.29, 1.82) is 0 Å². The molecule has 0 aliphatic heterocycles. The number of rotatable bonds is 4. The molecule has 1 heterocycles. The van der Waals surface area contributed by atoms with Crippen LogP contribution in [0.25, 0.3) is 88.0 Å². The summed E-state index contributed by atoms with van der Waals surface area (Å²) in [5.74, 6) is 0. The van der Waals surface area contributed by atoms with Crippen molar-refractivity contribution in [3.63, 3.8) is 0 Å². The fourth-order valence-electron chi connectivity index (χ4n) is 6.12. The van der Waals surface area contributed by atoms with E-state index in [2.05, 4.69) is 0 Å². The molecular formula is C44H28O. The summed E-state index contributed by atoms with van der Waals surface area (Å²) in [5, 5.41) is 1.23. The average Bonchev–Trinajstić information content (AvgIpc) is 3.66. The maximum atomic E-state index is 9.68. The third-order valence-electron chi connectivity index (χ3n) is 8.00. The molecule has 0 saturated heterocycles. The van der Waals surface area contributed by atoms with Crippen LogP contribution in [0, 0.1) is 0 Å². The van der Waals surface area contributed by atoms with Crippen molar-refractivity contribution in [3.8, 4) is 44.5 Å². The lowest BCUT2D eigenvalue weighted by Crippen LogP contribution is -1.93. The first-order valence-electron chi connectivity index (χ1n) is 21.7. The van der Waals surface area contributed by atoms with Crippen molar-refractivity contribution in [1.82, 2.24) is 0 Å². The van der Waals surface area contributed by atoms with Crippen LogP contribution in [0.1, 0.15) is 20.6 Å². The summed E-state index contributed by atoms with van der Waals surface area (Å²) in [5.41, 5.74) is -0.138. The predicted molar refractivity (Wildman–Crippen MR) is 190 cm³/mol. The molecule has 9 aromatic rings. The Balaban J connectivity index is 1.54. The SMILES string of the molecule is [2H]c1c([2H])c([2H])c(-c2c(-c3c4ccccc4c(-c4c([2H])c([2H])c(-c5ccccc5)c([2H])c4[2H])c4ccccc34)c([2H])c([2H])c3oc4c([2H])c([2H])c([2H])c([2H])c4c23)c([2H])c1[2H]. The second-order valence-corrected chi connectivity index (χ2v) is 10.5. The zero-order chi connectivity index (χ0) is 42.8. The molecule has 0 aliphatic rings. The maximum absolute atomic E-state index is 9.68. The van der Waals surface area contributed by atoms with Gasteiger partial charge in [-0.2, -0.15) is 0 Å². The molecule has 45 heavy (non-hydrogen) atoms. The highest BCUT2D eigenvalue weighted by molar-refractivity contribution is 6.25. The van der Waals surface area contributed by atoms with Gasteiger partial charge in [0.25, 0.3) is 0 Å². The molecule has 0 radical (unpaired) electrons. The van der Waals surface area contributed by atoms with Crippen LogP contribution in [0.2, 0.25) is 0 Å². The van der Waals surface area contributed by atoms with Gasteiger partial charge in [0.2, 0.25) is 0 Å². The van der Waals surface area contributed by atoms with Gasteiger partial charge in [-0.3, -0.25) is 0 Å². The number of hydrogen-bond acceptors (Lipinski definition) is 1. The quantitative estimate of drug-likeness (QED) is 0.187. The van der Waals surface area contributed by atoms with E-state index >= 15 is 0 Å². The van der Waals surface area contributed by atoms with E-state index in [0.29, 0.717) is 32.7 Å². The van der Waals surface area contributed by atoms with Gasteiger partial charge in [-0.1, -0.05) is 151 Å². The molecule has 0 amide bonds. The van der Waals surface area contributed by atoms with E-state index in [1.807, 2.05) is 0 Å². The van der Waals surface area contributed by atoms with Gasteiger partial charge < -0.3 is 4.42 Å². The second kappa shape index (κ2) is 10.4. The van der Waals surface area contributed by atoms with Crippen LogP contribution in [-0.4, -0.2) is 0 Å². The normalized spacial score (nSPS) is 16.2. The summed E-state index contributed by atoms with van der Waals surface area (Å²) >= 11 is 0. The monoisotopic (exact) mass is 587 g/mol. The highest BCUT2D eigenvalue weighted by Gasteiger charge is 2.22. The topological polar surface area (TPSA) is 13.1 Å². The number of furan rings is 1. The Kier molecular flexibility index (Phi) is 3.39. The van der Waals surface area contributed by atoms with E-state index in [9.17, 15) is 5.48 Å². The average molecular weight is 588 g/mol. The van der Waals surface area contributed by atoms with Crippen LogP contribution in [-0.2, 0) is 0 Å². The van der Waals surface area contributed by atoms with E-state index in [-0.39, 0.29) is 73.9 Å². The molecule has 0 unspecified atom stereocenters. The van der Waals surface area contributed by atoms with E-state index in [1.54, 1.807) is 78.9 Å². The third-order valence-corrected chi connectivity index (χ3v) is 8.00. The minimum Gasteiger partial charge on any atom is -0.456 e. The zero-order valence-corrected chi connectivity index (χ0v) is 23.4. The Bertz CT molecular complexity index is 3260. The van der Waals surface area contributed by atoms with Gasteiger partial charge in [0.15, 0.2) is 0 Å². The van der Waals surface area contributed by atoms with Gasteiger partial charge in [0.05, 0.1) is 20.6 Å². The largest absolute Gasteiger partial charge is 0.456 e. The highest BCUT2D eigenvalue weighted by Crippen LogP contribution is 2.49. The number of benzene rings is 8. The first kappa shape index (κ1) is 14.7. The second-order valence-electron chi connectivity index (χ2n) is 10.5. The van der Waals surface area contributed by atoms with E-state index in [1.165, 1.54) is 0 Å². The van der Waals surface area contributed by atoms with Gasteiger partial charge >= 0.3 is 0 Å². The molecule has 0 N–H and O–H groups in total. The van der Waals surface area contributed by atoms with Crippen LogP contribution in [0.15, 0.2) is 174 Å². The van der Waals surface area contributed by atoms with E-state index in [0.717, 1.165) is 0 Å². The Morgan fingerprint density at radius 1 is 0.356 bits per heavy atom. The van der Waals surface area contributed by atoms with Gasteiger partial charge in [-0.15, -0.1) is 0 Å². The fourth-order valence-corrected chi connectivity index (χ4v) is 6.12. The first-order valence-corrected chi connectivity index (χ1v) is 14.2. The molecule has 0 aliphatic carbocycles. The van der Waals surface area contributed by atoms with Crippen LogP contribution in [0.4, 0.5) is 0 Å². The smallest absolute Gasteiger partial charge is 0.136 e. The van der Waals surface area contributed by atoms with Crippen molar-refractivity contribution >= 4 is 43.5 Å². The summed E-state index contributed by atoms with van der Waals surface area (Å²) in [7, 11) is 0. The summed E-state index contributed by atoms with van der Waals surface area (Å²) in [6, 6.07) is 14.4. The molecule has 9 rings (SSSR count). The Morgan fingerprint density at radius 2 is 0.911 bits per heavy atom. The standard InChI is InChI=1S/C44H28O/c1-3-13-29(14-4-1)30-23-25-32(26-24-30)41-33-17-7-9-19-35(33)43(36-20-10-8-18-34(36)41)38-27-28-40-44(37-21-11-12-22-39(37)45-40)42(38)31-15-5-2-6-16-31/h1-28H/i2D,5D,6D,11D,12D,15D,16D,21D,22D,23D,24D,25D,26D,27D,28D. The van der Waals surface area contributed by atoms with Crippen LogP contribution in [0.5, 0.6) is 0 Å². The maximum Gasteiger partial charge on any atom is 0.136 e. The zero-order valence-electron chi connectivity index (χ0n) is 38.4. The molecule has 0 fully saturated rings. The number of fused-ring (bicyclic) bond motifs is 5. The molecule has 0 bridgehead atoms. The summed E-state index contributed by atoms with van der Waals surface area (Å²) < 4.78 is 141. The lowest BCUT2D eigenvalue weighted by atomic mass is 9.82. The molecule has 0 saturated carbocycles. The molecule has 1 nitrogen and oxygen atoms in total.